The summed E-state index contributed by atoms with van der Waals surface area (Å²) in [6.07, 6.45) is 3.30. The molecule has 0 unspecified atom stereocenters. The molecule has 0 aromatic heterocycles. The molecule has 0 aliphatic carbocycles. The van der Waals surface area contributed by atoms with Crippen LogP contribution in [0.1, 0.15) is 48.5 Å². The fourth-order valence-electron chi connectivity index (χ4n) is 4.16. The second-order valence-corrected chi connectivity index (χ2v) is 10.7. The fourth-order valence-corrected chi connectivity index (χ4v) is 5.37. The monoisotopic (exact) mass is 474 g/mol. The molecule has 1 aliphatic heterocycles. The zero-order chi connectivity index (χ0) is 24.0. The van der Waals surface area contributed by atoms with Crippen LogP contribution in [0.25, 0.3) is 0 Å². The summed E-state index contributed by atoms with van der Waals surface area (Å²) in [5, 5.41) is 0. The molecule has 0 atom stereocenters. The number of Topliss-reactive ketones (excluding diaryl/α,β-unsaturated/α-hetero) is 1. The Morgan fingerprint density at radius 1 is 1.09 bits per heavy atom. The summed E-state index contributed by atoms with van der Waals surface area (Å²) in [6.45, 7) is 3.02. The largest absolute Gasteiger partial charge is 0.343 e. The number of amides is 1. The molecule has 1 saturated heterocycles. The van der Waals surface area contributed by atoms with E-state index in [1.54, 1.807) is 12.1 Å². The summed E-state index contributed by atoms with van der Waals surface area (Å²) in [4.78, 5) is 25.9. The van der Waals surface area contributed by atoms with Crippen molar-refractivity contribution in [3.8, 4) is 0 Å². The van der Waals surface area contributed by atoms with Gasteiger partial charge in [0.1, 0.15) is 5.82 Å². The molecule has 0 saturated carbocycles. The molecule has 0 spiro atoms. The molecule has 2 aromatic carbocycles. The van der Waals surface area contributed by atoms with E-state index in [-0.39, 0.29) is 35.4 Å². The maximum absolute atomic E-state index is 13.4. The molecule has 0 N–H and O–H groups in total. The van der Waals surface area contributed by atoms with Crippen molar-refractivity contribution in [2.45, 2.75) is 43.9 Å². The van der Waals surface area contributed by atoms with Crippen molar-refractivity contribution in [2.24, 2.45) is 5.92 Å². The predicted octanol–water partition coefficient (Wildman–Crippen LogP) is 3.91. The molecule has 1 fully saturated rings. The van der Waals surface area contributed by atoms with E-state index in [0.29, 0.717) is 31.0 Å². The third-order valence-corrected chi connectivity index (χ3v) is 8.08. The van der Waals surface area contributed by atoms with E-state index in [1.165, 1.54) is 48.6 Å². The van der Waals surface area contributed by atoms with Gasteiger partial charge in [-0.1, -0.05) is 24.3 Å². The number of ketones is 1. The number of benzene rings is 2. The van der Waals surface area contributed by atoms with Gasteiger partial charge in [-0.3, -0.25) is 9.59 Å². The van der Waals surface area contributed by atoms with Gasteiger partial charge in [0.2, 0.25) is 15.9 Å². The first kappa shape index (κ1) is 25.1. The Balaban J connectivity index is 1.43. The second-order valence-electron chi connectivity index (χ2n) is 8.67. The van der Waals surface area contributed by atoms with Crippen LogP contribution in [0.3, 0.4) is 0 Å². The lowest BCUT2D eigenvalue weighted by atomic mass is 9.90. The molecule has 8 heteroatoms. The number of carbonyl (C=O) groups excluding carboxylic acids is 2. The summed E-state index contributed by atoms with van der Waals surface area (Å²) in [7, 11) is -2.18. The Morgan fingerprint density at radius 3 is 2.36 bits per heavy atom. The number of nitrogens with zero attached hydrogens (tertiary/aromatic N) is 2. The number of piperidine rings is 1. The molecule has 3 rings (SSSR count). The highest BCUT2D eigenvalue weighted by molar-refractivity contribution is 7.89. The summed E-state index contributed by atoms with van der Waals surface area (Å²) in [5.74, 6) is 0.126. The van der Waals surface area contributed by atoms with Gasteiger partial charge < -0.3 is 4.90 Å². The van der Waals surface area contributed by atoms with E-state index in [1.807, 2.05) is 11.0 Å². The zero-order valence-electron chi connectivity index (χ0n) is 19.2. The molecule has 1 aliphatic rings. The van der Waals surface area contributed by atoms with Crippen LogP contribution in [0, 0.1) is 11.7 Å². The number of halogens is 1. The van der Waals surface area contributed by atoms with Crippen molar-refractivity contribution >= 4 is 21.7 Å². The molecule has 178 valence electrons. The van der Waals surface area contributed by atoms with Gasteiger partial charge in [-0.2, -0.15) is 0 Å². The molecule has 1 amide bonds. The number of hydrogen-bond donors (Lipinski definition) is 0. The number of likely N-dealkylation sites (tertiary alicyclic amines) is 1. The average Bonchev–Trinajstić information content (AvgIpc) is 2.79. The first-order chi connectivity index (χ1) is 15.7. The molecular formula is C25H31FN2O4S. The minimum atomic E-state index is -3.67. The first-order valence-electron chi connectivity index (χ1n) is 11.3. The maximum Gasteiger partial charge on any atom is 0.242 e. The van der Waals surface area contributed by atoms with E-state index >= 15 is 0 Å². The van der Waals surface area contributed by atoms with Crippen molar-refractivity contribution in [2.75, 3.05) is 26.7 Å². The molecule has 33 heavy (non-hydrogen) atoms. The number of rotatable bonds is 9. The zero-order valence-corrected chi connectivity index (χ0v) is 20.0. The average molecular weight is 475 g/mol. The Hall–Kier alpha value is -2.58. The summed E-state index contributed by atoms with van der Waals surface area (Å²) in [6, 6.07) is 12.5. The van der Waals surface area contributed by atoms with Crippen LogP contribution in [0.4, 0.5) is 4.39 Å². The Bertz CT molecular complexity index is 1080. The lowest BCUT2D eigenvalue weighted by molar-refractivity contribution is -0.132. The molecule has 2 aromatic rings. The molecule has 1 heterocycles. The number of hydrogen-bond acceptors (Lipinski definition) is 4. The molecular weight excluding hydrogens is 443 g/mol. The van der Waals surface area contributed by atoms with Gasteiger partial charge in [0.05, 0.1) is 4.90 Å². The molecule has 0 bridgehead atoms. The van der Waals surface area contributed by atoms with Crippen molar-refractivity contribution in [3.05, 3.63) is 65.5 Å². The van der Waals surface area contributed by atoms with Gasteiger partial charge >= 0.3 is 0 Å². The smallest absolute Gasteiger partial charge is 0.242 e. The number of sulfonamides is 1. The van der Waals surface area contributed by atoms with Gasteiger partial charge in [-0.05, 0) is 68.4 Å². The van der Waals surface area contributed by atoms with Crippen molar-refractivity contribution < 1.29 is 22.4 Å². The van der Waals surface area contributed by atoms with E-state index in [2.05, 4.69) is 0 Å². The highest BCUT2D eigenvalue weighted by Gasteiger charge is 2.24. The van der Waals surface area contributed by atoms with Crippen LogP contribution in [-0.4, -0.2) is 56.0 Å². The number of carbonyl (C=O) groups is 2. The first-order valence-corrected chi connectivity index (χ1v) is 12.7. The minimum absolute atomic E-state index is 0.0378. The molecule has 6 nitrogen and oxygen atoms in total. The van der Waals surface area contributed by atoms with E-state index in [4.69, 9.17) is 0 Å². The van der Waals surface area contributed by atoms with E-state index < -0.39 is 10.0 Å². The Kier molecular flexibility index (Phi) is 8.37. The maximum atomic E-state index is 13.4. The highest BCUT2D eigenvalue weighted by Crippen LogP contribution is 2.23. The lowest BCUT2D eigenvalue weighted by Gasteiger charge is -2.32. The minimum Gasteiger partial charge on any atom is -0.343 e. The van der Waals surface area contributed by atoms with Crippen molar-refractivity contribution in [3.63, 3.8) is 0 Å². The summed E-state index contributed by atoms with van der Waals surface area (Å²) >= 11 is 0. The highest BCUT2D eigenvalue weighted by atomic mass is 32.2. The quantitative estimate of drug-likeness (QED) is 0.517. The topological polar surface area (TPSA) is 74.8 Å². The summed E-state index contributed by atoms with van der Waals surface area (Å²) < 4.78 is 40.1. The van der Waals surface area contributed by atoms with Gasteiger partial charge in [0.15, 0.2) is 5.78 Å². The molecule has 0 radical (unpaired) electrons. The van der Waals surface area contributed by atoms with Gasteiger partial charge in [-0.25, -0.2) is 17.1 Å². The van der Waals surface area contributed by atoms with Crippen molar-refractivity contribution in [1.29, 1.82) is 0 Å². The van der Waals surface area contributed by atoms with Crippen LogP contribution in [0.2, 0.25) is 0 Å². The van der Waals surface area contributed by atoms with Crippen LogP contribution in [-0.2, 0) is 21.2 Å². The van der Waals surface area contributed by atoms with Gasteiger partial charge in [-0.15, -0.1) is 0 Å². The Labute approximate surface area is 195 Å². The van der Waals surface area contributed by atoms with Crippen LogP contribution in [0.15, 0.2) is 53.4 Å². The van der Waals surface area contributed by atoms with Crippen molar-refractivity contribution in [1.82, 2.24) is 9.21 Å². The second kappa shape index (κ2) is 11.0. The third-order valence-electron chi connectivity index (χ3n) is 6.21. The van der Waals surface area contributed by atoms with Gasteiger partial charge in [0, 0.05) is 38.7 Å². The summed E-state index contributed by atoms with van der Waals surface area (Å²) in [5.41, 5.74) is 1.45. The fraction of sp³-hybridized carbons (Fsp3) is 0.440. The lowest BCUT2D eigenvalue weighted by Crippen LogP contribution is -2.39. The third kappa shape index (κ3) is 6.71. The normalized spacial score (nSPS) is 15.1. The standard InChI is InChI=1S/C25H31FN2O4S/c1-19(29)22-8-10-24(11-9-22)33(31,32)27(2)14-4-7-25(30)28-15-12-20(13-16-28)17-21-5-3-6-23(26)18-21/h3,5-6,8-11,18,20H,4,7,12-17H2,1-2H3. The van der Waals surface area contributed by atoms with E-state index in [0.717, 1.165) is 24.8 Å². The van der Waals surface area contributed by atoms with Crippen LogP contribution in [0.5, 0.6) is 0 Å². The van der Waals surface area contributed by atoms with Crippen LogP contribution >= 0.6 is 0 Å². The SMILES string of the molecule is CC(=O)c1ccc(S(=O)(=O)N(C)CCCC(=O)N2CCC(Cc3cccc(F)c3)CC2)cc1. The van der Waals surface area contributed by atoms with Crippen LogP contribution < -0.4 is 0 Å². The Morgan fingerprint density at radius 2 is 1.76 bits per heavy atom. The van der Waals surface area contributed by atoms with E-state index in [9.17, 15) is 22.4 Å². The van der Waals surface area contributed by atoms with Gasteiger partial charge in [0.25, 0.3) is 0 Å². The predicted molar refractivity (Wildman–Crippen MR) is 125 cm³/mol.